The number of fused-ring (bicyclic) bond motifs is 1. The predicted octanol–water partition coefficient (Wildman–Crippen LogP) is 2.74. The van der Waals surface area contributed by atoms with Crippen molar-refractivity contribution < 1.29 is 4.74 Å². The molecule has 0 aliphatic carbocycles. The molecule has 0 atom stereocenters. The number of nitrogens with two attached hydrogens (primary N) is 1. The molecule has 108 valence electrons. The van der Waals surface area contributed by atoms with Gasteiger partial charge in [-0.3, -0.25) is 4.98 Å². The first-order chi connectivity index (χ1) is 10.4. The number of unbranched alkanes of at least 4 members (excludes halogenated alkanes) is 1. The Labute approximate surface area is 123 Å². The van der Waals surface area contributed by atoms with E-state index in [1.807, 2.05) is 30.3 Å². The van der Waals surface area contributed by atoms with E-state index in [-0.39, 0.29) is 0 Å². The summed E-state index contributed by atoms with van der Waals surface area (Å²) in [5.41, 5.74) is 8.32. The number of H-pyrrole nitrogens is 1. The van der Waals surface area contributed by atoms with Gasteiger partial charge in [-0.15, -0.1) is 0 Å². The zero-order chi connectivity index (χ0) is 14.5. The van der Waals surface area contributed by atoms with E-state index in [0.717, 1.165) is 41.0 Å². The maximum Gasteiger partial charge on any atom is 0.140 e. The van der Waals surface area contributed by atoms with Crippen molar-refractivity contribution in [1.29, 1.82) is 0 Å². The fraction of sp³-hybridized carbons (Fsp3) is 0.250. The fourth-order valence-electron chi connectivity index (χ4n) is 2.15. The maximum atomic E-state index is 5.72. The summed E-state index contributed by atoms with van der Waals surface area (Å²) in [6.45, 7) is 1.39. The van der Waals surface area contributed by atoms with E-state index in [2.05, 4.69) is 15.0 Å². The van der Waals surface area contributed by atoms with Gasteiger partial charge in [0.15, 0.2) is 0 Å². The lowest BCUT2D eigenvalue weighted by atomic mass is 10.3. The molecular weight excluding hydrogens is 264 g/mol. The van der Waals surface area contributed by atoms with Crippen LogP contribution in [0.3, 0.4) is 0 Å². The van der Waals surface area contributed by atoms with Crippen LogP contribution in [0.1, 0.15) is 12.8 Å². The molecule has 0 bridgehead atoms. The van der Waals surface area contributed by atoms with Gasteiger partial charge in [0.2, 0.25) is 0 Å². The second-order valence-electron chi connectivity index (χ2n) is 4.85. The summed E-state index contributed by atoms with van der Waals surface area (Å²) in [4.78, 5) is 12.0. The van der Waals surface area contributed by atoms with Crippen molar-refractivity contribution in [3.63, 3.8) is 0 Å². The third-order valence-corrected chi connectivity index (χ3v) is 3.26. The van der Waals surface area contributed by atoms with Gasteiger partial charge in [0.25, 0.3) is 0 Å². The molecule has 5 heteroatoms. The Kier molecular flexibility index (Phi) is 4.12. The van der Waals surface area contributed by atoms with E-state index in [4.69, 9.17) is 10.5 Å². The molecule has 0 aliphatic rings. The number of rotatable bonds is 6. The van der Waals surface area contributed by atoms with E-state index < -0.39 is 0 Å². The number of nitrogens with zero attached hydrogens (tertiary/aromatic N) is 2. The van der Waals surface area contributed by atoms with E-state index >= 15 is 0 Å². The van der Waals surface area contributed by atoms with Gasteiger partial charge in [0.05, 0.1) is 17.6 Å². The van der Waals surface area contributed by atoms with Crippen molar-refractivity contribution in [3.05, 3.63) is 42.7 Å². The minimum absolute atomic E-state index is 0.687. The molecule has 2 heterocycles. The monoisotopic (exact) mass is 282 g/mol. The van der Waals surface area contributed by atoms with Crippen LogP contribution in [0.15, 0.2) is 42.7 Å². The number of benzene rings is 1. The molecule has 0 aliphatic heterocycles. The topological polar surface area (TPSA) is 76.8 Å². The molecule has 0 amide bonds. The minimum Gasteiger partial charge on any atom is -0.494 e. The van der Waals surface area contributed by atoms with E-state index in [0.29, 0.717) is 13.2 Å². The van der Waals surface area contributed by atoms with Crippen LogP contribution in [0.4, 0.5) is 0 Å². The summed E-state index contributed by atoms with van der Waals surface area (Å²) in [5.74, 6) is 1.67. The highest BCUT2D eigenvalue weighted by atomic mass is 16.5. The lowest BCUT2D eigenvalue weighted by Crippen LogP contribution is -2.03. The van der Waals surface area contributed by atoms with Crippen LogP contribution in [0.25, 0.3) is 22.4 Å². The zero-order valence-electron chi connectivity index (χ0n) is 11.7. The number of nitrogens with one attached hydrogen (secondary N) is 1. The Morgan fingerprint density at radius 3 is 2.95 bits per heavy atom. The Morgan fingerprint density at radius 1 is 1.19 bits per heavy atom. The van der Waals surface area contributed by atoms with Gasteiger partial charge in [-0.1, -0.05) is 0 Å². The zero-order valence-corrected chi connectivity index (χ0v) is 11.7. The number of aromatic amines is 1. The Morgan fingerprint density at radius 2 is 2.14 bits per heavy atom. The summed E-state index contributed by atoms with van der Waals surface area (Å²) in [7, 11) is 0. The molecule has 21 heavy (non-hydrogen) atoms. The summed E-state index contributed by atoms with van der Waals surface area (Å²) < 4.78 is 5.72. The van der Waals surface area contributed by atoms with Gasteiger partial charge in [-0.25, -0.2) is 4.98 Å². The van der Waals surface area contributed by atoms with Gasteiger partial charge in [0.1, 0.15) is 11.6 Å². The standard InChI is InChI=1S/C16H18N4O/c17-7-1-2-9-21-13-5-6-14-15(10-13)20-16(19-14)12-4-3-8-18-11-12/h3-6,8,10-11H,1-2,7,9,17H2,(H,19,20). The van der Waals surface area contributed by atoms with Gasteiger partial charge >= 0.3 is 0 Å². The van der Waals surface area contributed by atoms with Crippen LogP contribution < -0.4 is 10.5 Å². The molecular formula is C16H18N4O. The van der Waals surface area contributed by atoms with Crippen molar-refractivity contribution in [2.45, 2.75) is 12.8 Å². The smallest absolute Gasteiger partial charge is 0.140 e. The Hall–Kier alpha value is -2.40. The van der Waals surface area contributed by atoms with Crippen LogP contribution in [0.5, 0.6) is 5.75 Å². The summed E-state index contributed by atoms with van der Waals surface area (Å²) in [5, 5.41) is 0. The van der Waals surface area contributed by atoms with Crippen molar-refractivity contribution in [3.8, 4) is 17.1 Å². The van der Waals surface area contributed by atoms with Crippen molar-refractivity contribution in [2.24, 2.45) is 5.73 Å². The predicted molar refractivity (Wildman–Crippen MR) is 83.1 cm³/mol. The van der Waals surface area contributed by atoms with Gasteiger partial charge < -0.3 is 15.5 Å². The number of imidazole rings is 1. The third-order valence-electron chi connectivity index (χ3n) is 3.26. The number of ether oxygens (including phenoxy) is 1. The molecule has 3 N–H and O–H groups in total. The number of hydrogen-bond donors (Lipinski definition) is 2. The highest BCUT2D eigenvalue weighted by Crippen LogP contribution is 2.23. The van der Waals surface area contributed by atoms with Gasteiger partial charge in [-0.2, -0.15) is 0 Å². The van der Waals surface area contributed by atoms with E-state index in [1.54, 1.807) is 12.4 Å². The molecule has 3 rings (SSSR count). The van der Waals surface area contributed by atoms with Crippen molar-refractivity contribution in [1.82, 2.24) is 15.0 Å². The molecule has 3 aromatic rings. The largest absolute Gasteiger partial charge is 0.494 e. The average Bonchev–Trinajstić information content (AvgIpc) is 2.96. The van der Waals surface area contributed by atoms with E-state index in [9.17, 15) is 0 Å². The fourth-order valence-corrected chi connectivity index (χ4v) is 2.15. The molecule has 1 aromatic carbocycles. The molecule has 0 saturated heterocycles. The molecule has 0 saturated carbocycles. The first kappa shape index (κ1) is 13.6. The number of hydrogen-bond acceptors (Lipinski definition) is 4. The molecule has 5 nitrogen and oxygen atoms in total. The first-order valence-electron chi connectivity index (χ1n) is 7.10. The lowest BCUT2D eigenvalue weighted by Gasteiger charge is -2.04. The summed E-state index contributed by atoms with van der Waals surface area (Å²) >= 11 is 0. The van der Waals surface area contributed by atoms with Crippen LogP contribution in [0, 0.1) is 0 Å². The van der Waals surface area contributed by atoms with E-state index in [1.165, 1.54) is 0 Å². The molecule has 0 spiro atoms. The highest BCUT2D eigenvalue weighted by molar-refractivity contribution is 5.80. The lowest BCUT2D eigenvalue weighted by molar-refractivity contribution is 0.308. The highest BCUT2D eigenvalue weighted by Gasteiger charge is 2.06. The quantitative estimate of drug-likeness (QED) is 0.681. The third kappa shape index (κ3) is 3.20. The van der Waals surface area contributed by atoms with Gasteiger partial charge in [-0.05, 0) is 43.7 Å². The second kappa shape index (κ2) is 6.37. The van der Waals surface area contributed by atoms with Crippen molar-refractivity contribution >= 4 is 11.0 Å². The van der Waals surface area contributed by atoms with Crippen LogP contribution in [0.2, 0.25) is 0 Å². The normalized spacial score (nSPS) is 10.9. The molecule has 0 fully saturated rings. The second-order valence-corrected chi connectivity index (χ2v) is 4.85. The van der Waals surface area contributed by atoms with Crippen LogP contribution in [-0.4, -0.2) is 28.1 Å². The minimum atomic E-state index is 0.687. The first-order valence-corrected chi connectivity index (χ1v) is 7.10. The average molecular weight is 282 g/mol. The van der Waals surface area contributed by atoms with Crippen LogP contribution >= 0.6 is 0 Å². The Bertz CT molecular complexity index is 709. The SMILES string of the molecule is NCCCCOc1ccc2nc(-c3cccnc3)[nH]c2c1. The van der Waals surface area contributed by atoms with Gasteiger partial charge in [0, 0.05) is 24.0 Å². The molecule has 0 radical (unpaired) electrons. The summed E-state index contributed by atoms with van der Waals surface area (Å²) in [6, 6.07) is 9.76. The maximum absolute atomic E-state index is 5.72. The number of pyridine rings is 1. The number of aromatic nitrogens is 3. The summed E-state index contributed by atoms with van der Waals surface area (Å²) in [6.07, 6.45) is 5.50. The molecule has 2 aromatic heterocycles. The van der Waals surface area contributed by atoms with Crippen molar-refractivity contribution in [2.75, 3.05) is 13.2 Å². The van der Waals surface area contributed by atoms with Crippen LogP contribution in [-0.2, 0) is 0 Å². The Balaban J connectivity index is 1.79. The molecule has 0 unspecified atom stereocenters.